The third-order valence-corrected chi connectivity index (χ3v) is 2.71. The van der Waals surface area contributed by atoms with Crippen molar-refractivity contribution < 1.29 is 4.79 Å². The fourth-order valence-electron chi connectivity index (χ4n) is 1.50. The van der Waals surface area contributed by atoms with Gasteiger partial charge in [0.2, 0.25) is 5.91 Å². The topological polar surface area (TPSA) is 42.0 Å². The number of nitrogens with one attached hydrogen (secondary N) is 1. The van der Waals surface area contributed by atoms with Crippen molar-refractivity contribution in [3.63, 3.8) is 0 Å². The lowest BCUT2D eigenvalue weighted by Crippen LogP contribution is -2.20. The summed E-state index contributed by atoms with van der Waals surface area (Å²) in [5, 5.41) is 3.22. The molecule has 3 nitrogen and oxygen atoms in total. The Hall–Kier alpha value is -2.13. The Bertz CT molecular complexity index is 564. The number of nitrogens with zero attached hydrogens (tertiary/aromatic N) is 1. The number of carbonyl (C=O) groups is 1. The van der Waals surface area contributed by atoms with E-state index in [9.17, 15) is 4.79 Å². The normalized spacial score (nSPS) is 10.6. The third kappa shape index (κ3) is 4.56. The molecule has 1 aromatic carbocycles. The van der Waals surface area contributed by atoms with E-state index in [1.807, 2.05) is 36.4 Å². The number of amides is 1. The Morgan fingerprint density at radius 1 is 1.21 bits per heavy atom. The second kappa shape index (κ2) is 6.71. The molecule has 19 heavy (non-hydrogen) atoms. The Morgan fingerprint density at radius 3 is 2.68 bits per heavy atom. The molecule has 0 radical (unpaired) electrons. The van der Waals surface area contributed by atoms with Crippen molar-refractivity contribution in [3.05, 3.63) is 71.0 Å². The van der Waals surface area contributed by atoms with Gasteiger partial charge in [-0.15, -0.1) is 0 Å². The number of hydrogen-bond donors (Lipinski definition) is 1. The number of rotatable bonds is 4. The molecule has 0 spiro atoms. The van der Waals surface area contributed by atoms with E-state index >= 15 is 0 Å². The number of hydrogen-bond acceptors (Lipinski definition) is 2. The molecule has 0 saturated carbocycles. The van der Waals surface area contributed by atoms with Crippen molar-refractivity contribution in [2.75, 3.05) is 0 Å². The van der Waals surface area contributed by atoms with Gasteiger partial charge in [-0.2, -0.15) is 0 Å². The van der Waals surface area contributed by atoms with Gasteiger partial charge in [0.1, 0.15) is 5.15 Å². The molecule has 1 aromatic heterocycles. The van der Waals surface area contributed by atoms with E-state index in [2.05, 4.69) is 10.3 Å². The van der Waals surface area contributed by atoms with Crippen LogP contribution in [0.4, 0.5) is 0 Å². The number of benzene rings is 1. The van der Waals surface area contributed by atoms with Crippen LogP contribution in [-0.2, 0) is 11.3 Å². The first kappa shape index (κ1) is 13.3. The van der Waals surface area contributed by atoms with Crippen LogP contribution in [0.25, 0.3) is 6.08 Å². The molecule has 0 bridgehead atoms. The lowest BCUT2D eigenvalue weighted by molar-refractivity contribution is -0.116. The number of halogens is 1. The smallest absolute Gasteiger partial charge is 0.244 e. The molecule has 4 heteroatoms. The summed E-state index contributed by atoms with van der Waals surface area (Å²) in [7, 11) is 0. The van der Waals surface area contributed by atoms with Gasteiger partial charge in [-0.25, -0.2) is 4.98 Å². The molecule has 1 N–H and O–H groups in total. The van der Waals surface area contributed by atoms with Crippen molar-refractivity contribution in [3.8, 4) is 0 Å². The fraction of sp³-hybridized carbons (Fsp3) is 0.0667. The summed E-state index contributed by atoms with van der Waals surface area (Å²) in [5.74, 6) is -0.140. The quantitative estimate of drug-likeness (QED) is 0.687. The summed E-state index contributed by atoms with van der Waals surface area (Å²) >= 11 is 5.68. The molecule has 0 unspecified atom stereocenters. The maximum Gasteiger partial charge on any atom is 0.244 e. The van der Waals surface area contributed by atoms with Gasteiger partial charge in [0.05, 0.1) is 0 Å². The van der Waals surface area contributed by atoms with Gasteiger partial charge in [0, 0.05) is 18.8 Å². The molecule has 0 aliphatic heterocycles. The highest BCUT2D eigenvalue weighted by molar-refractivity contribution is 6.29. The summed E-state index contributed by atoms with van der Waals surface area (Å²) < 4.78 is 0. The number of aromatic nitrogens is 1. The minimum Gasteiger partial charge on any atom is -0.348 e. The first-order valence-corrected chi connectivity index (χ1v) is 6.23. The minimum absolute atomic E-state index is 0.140. The Labute approximate surface area is 116 Å². The van der Waals surface area contributed by atoms with Crippen LogP contribution in [0.5, 0.6) is 0 Å². The Morgan fingerprint density at radius 2 is 2.00 bits per heavy atom. The van der Waals surface area contributed by atoms with Gasteiger partial charge in [-0.3, -0.25) is 4.79 Å². The molecular weight excluding hydrogens is 260 g/mol. The van der Waals surface area contributed by atoms with Gasteiger partial charge in [-0.05, 0) is 23.3 Å². The molecule has 0 fully saturated rings. The van der Waals surface area contributed by atoms with Crippen LogP contribution < -0.4 is 5.32 Å². The monoisotopic (exact) mass is 272 g/mol. The highest BCUT2D eigenvalue weighted by Crippen LogP contribution is 2.05. The van der Waals surface area contributed by atoms with E-state index in [0.29, 0.717) is 11.7 Å². The molecule has 0 saturated heterocycles. The SMILES string of the molecule is O=C(C=Cc1ccccc1)NCc1ccc(Cl)nc1. The summed E-state index contributed by atoms with van der Waals surface area (Å²) in [6, 6.07) is 13.2. The van der Waals surface area contributed by atoms with Crippen LogP contribution in [0.3, 0.4) is 0 Å². The highest BCUT2D eigenvalue weighted by atomic mass is 35.5. The first-order chi connectivity index (χ1) is 9.24. The summed E-state index contributed by atoms with van der Waals surface area (Å²) in [5.41, 5.74) is 1.90. The van der Waals surface area contributed by atoms with E-state index in [1.54, 1.807) is 18.3 Å². The van der Waals surface area contributed by atoms with Gasteiger partial charge < -0.3 is 5.32 Å². The standard InChI is InChI=1S/C15H13ClN2O/c16-14-8-6-13(10-17-14)11-18-15(19)9-7-12-4-2-1-3-5-12/h1-10H,11H2,(H,18,19). The molecule has 1 heterocycles. The minimum atomic E-state index is -0.140. The maximum atomic E-state index is 11.6. The summed E-state index contributed by atoms with van der Waals surface area (Å²) in [6.07, 6.45) is 4.93. The molecule has 0 aliphatic rings. The van der Waals surface area contributed by atoms with E-state index in [4.69, 9.17) is 11.6 Å². The van der Waals surface area contributed by atoms with E-state index in [1.165, 1.54) is 6.08 Å². The van der Waals surface area contributed by atoms with Crippen molar-refractivity contribution in [2.45, 2.75) is 6.54 Å². The zero-order valence-corrected chi connectivity index (χ0v) is 11.0. The molecule has 0 aliphatic carbocycles. The zero-order valence-electron chi connectivity index (χ0n) is 10.2. The fourth-order valence-corrected chi connectivity index (χ4v) is 1.61. The van der Waals surface area contributed by atoms with Gasteiger partial charge in [0.15, 0.2) is 0 Å². The van der Waals surface area contributed by atoms with Crippen LogP contribution in [0.15, 0.2) is 54.7 Å². The highest BCUT2D eigenvalue weighted by Gasteiger charge is 1.97. The van der Waals surface area contributed by atoms with E-state index in [0.717, 1.165) is 11.1 Å². The Balaban J connectivity index is 1.85. The molecule has 2 rings (SSSR count). The van der Waals surface area contributed by atoms with Gasteiger partial charge in [0.25, 0.3) is 0 Å². The Kier molecular flexibility index (Phi) is 4.70. The van der Waals surface area contributed by atoms with Crippen LogP contribution in [0.1, 0.15) is 11.1 Å². The van der Waals surface area contributed by atoms with Crippen LogP contribution in [0, 0.1) is 0 Å². The second-order valence-corrected chi connectivity index (χ2v) is 4.34. The average molecular weight is 273 g/mol. The predicted octanol–water partition coefficient (Wildman–Crippen LogP) is 3.06. The number of carbonyl (C=O) groups excluding carboxylic acids is 1. The molecule has 96 valence electrons. The van der Waals surface area contributed by atoms with Crippen LogP contribution in [-0.4, -0.2) is 10.9 Å². The molecule has 2 aromatic rings. The van der Waals surface area contributed by atoms with Crippen molar-refractivity contribution in [1.82, 2.24) is 10.3 Å². The van der Waals surface area contributed by atoms with Crippen molar-refractivity contribution in [2.24, 2.45) is 0 Å². The maximum absolute atomic E-state index is 11.6. The lowest BCUT2D eigenvalue weighted by atomic mass is 10.2. The first-order valence-electron chi connectivity index (χ1n) is 5.85. The van der Waals surface area contributed by atoms with E-state index < -0.39 is 0 Å². The predicted molar refractivity (Wildman–Crippen MR) is 76.6 cm³/mol. The third-order valence-electron chi connectivity index (χ3n) is 2.48. The second-order valence-electron chi connectivity index (χ2n) is 3.95. The van der Waals surface area contributed by atoms with Crippen molar-refractivity contribution >= 4 is 23.6 Å². The van der Waals surface area contributed by atoms with Gasteiger partial charge in [-0.1, -0.05) is 48.0 Å². The van der Waals surface area contributed by atoms with Gasteiger partial charge >= 0.3 is 0 Å². The number of pyridine rings is 1. The molecule has 0 atom stereocenters. The summed E-state index contributed by atoms with van der Waals surface area (Å²) in [4.78, 5) is 15.6. The summed E-state index contributed by atoms with van der Waals surface area (Å²) in [6.45, 7) is 0.433. The average Bonchev–Trinajstić information content (AvgIpc) is 2.45. The molecular formula is C15H13ClN2O. The largest absolute Gasteiger partial charge is 0.348 e. The van der Waals surface area contributed by atoms with Crippen molar-refractivity contribution in [1.29, 1.82) is 0 Å². The van der Waals surface area contributed by atoms with E-state index in [-0.39, 0.29) is 5.91 Å². The van der Waals surface area contributed by atoms with Crippen LogP contribution in [0.2, 0.25) is 5.15 Å². The zero-order chi connectivity index (χ0) is 13.5. The molecule has 1 amide bonds. The van der Waals surface area contributed by atoms with Crippen LogP contribution >= 0.6 is 11.6 Å². The lowest BCUT2D eigenvalue weighted by Gasteiger charge is -2.02.